The number of fused-ring (bicyclic) bond motifs is 1. The van der Waals surface area contributed by atoms with Gasteiger partial charge in [-0.3, -0.25) is 19.5 Å². The molecule has 0 radical (unpaired) electrons. The zero-order chi connectivity index (χ0) is 18.0. The first-order chi connectivity index (χ1) is 12.1. The zero-order valence-corrected chi connectivity index (χ0v) is 13.6. The number of hydrogen-bond donors (Lipinski definition) is 1. The number of pyridine rings is 1. The number of amides is 1. The molecule has 2 aromatic heterocycles. The third kappa shape index (κ3) is 2.76. The van der Waals surface area contributed by atoms with Crippen LogP contribution in [0.5, 0.6) is 5.75 Å². The fourth-order valence-corrected chi connectivity index (χ4v) is 2.63. The van der Waals surface area contributed by atoms with E-state index in [9.17, 15) is 14.7 Å². The standard InChI is InChI=1S/C18H16N4O3/c1-3-10-22-13-7-5-4-6-12(13)16(23)15(18(22)25)17(24)21(2)14-11-19-8-9-20-14/h3-9,11,23H,1,10H2,2H3. The quantitative estimate of drug-likeness (QED) is 0.736. The molecule has 0 aliphatic carbocycles. The molecule has 0 bridgehead atoms. The van der Waals surface area contributed by atoms with E-state index in [1.807, 2.05) is 0 Å². The Morgan fingerprint density at radius 2 is 2.12 bits per heavy atom. The predicted octanol–water partition coefficient (Wildman–Crippen LogP) is 1.96. The Balaban J connectivity index is 2.24. The zero-order valence-electron chi connectivity index (χ0n) is 13.6. The summed E-state index contributed by atoms with van der Waals surface area (Å²) in [4.78, 5) is 34.8. The van der Waals surface area contributed by atoms with E-state index in [0.29, 0.717) is 10.9 Å². The lowest BCUT2D eigenvalue weighted by Crippen LogP contribution is -2.35. The molecule has 0 spiro atoms. The van der Waals surface area contributed by atoms with Gasteiger partial charge in [0.15, 0.2) is 5.82 Å². The molecule has 7 heteroatoms. The Morgan fingerprint density at radius 3 is 2.80 bits per heavy atom. The van der Waals surface area contributed by atoms with Crippen LogP contribution >= 0.6 is 0 Å². The predicted molar refractivity (Wildman–Crippen MR) is 94.8 cm³/mol. The highest BCUT2D eigenvalue weighted by atomic mass is 16.3. The summed E-state index contributed by atoms with van der Waals surface area (Å²) in [5.74, 6) is -0.733. The Hall–Kier alpha value is -3.48. The van der Waals surface area contributed by atoms with Gasteiger partial charge in [-0.05, 0) is 12.1 Å². The smallest absolute Gasteiger partial charge is 0.268 e. The first-order valence-electron chi connectivity index (χ1n) is 7.55. The first kappa shape index (κ1) is 16.4. The molecule has 1 aromatic carbocycles. The summed E-state index contributed by atoms with van der Waals surface area (Å²) in [7, 11) is 1.47. The van der Waals surface area contributed by atoms with E-state index in [1.54, 1.807) is 30.3 Å². The highest BCUT2D eigenvalue weighted by Gasteiger charge is 2.25. The van der Waals surface area contributed by atoms with Crippen molar-refractivity contribution in [2.24, 2.45) is 0 Å². The summed E-state index contributed by atoms with van der Waals surface area (Å²) in [5, 5.41) is 11.0. The van der Waals surface area contributed by atoms with Crippen LogP contribution in [0.15, 0.2) is 60.3 Å². The van der Waals surface area contributed by atoms with Gasteiger partial charge in [0.2, 0.25) is 0 Å². The number of benzene rings is 1. The number of aromatic nitrogens is 3. The molecule has 0 saturated carbocycles. The maximum atomic E-state index is 12.8. The Labute approximate surface area is 143 Å². The monoisotopic (exact) mass is 336 g/mol. The van der Waals surface area contributed by atoms with E-state index >= 15 is 0 Å². The maximum absolute atomic E-state index is 12.8. The SMILES string of the molecule is C=CCn1c(=O)c(C(=O)N(C)c2cnccn2)c(O)c2ccccc21. The Bertz CT molecular complexity index is 1010. The van der Waals surface area contributed by atoms with Gasteiger partial charge in [-0.2, -0.15) is 0 Å². The van der Waals surface area contributed by atoms with Crippen molar-refractivity contribution >= 4 is 22.6 Å². The molecule has 3 aromatic rings. The van der Waals surface area contributed by atoms with Crippen LogP contribution in [-0.2, 0) is 6.54 Å². The molecule has 2 heterocycles. The van der Waals surface area contributed by atoms with Gasteiger partial charge in [-0.1, -0.05) is 18.2 Å². The minimum absolute atomic E-state index is 0.217. The number of hydrogen-bond acceptors (Lipinski definition) is 5. The number of allylic oxidation sites excluding steroid dienone is 1. The average molecular weight is 336 g/mol. The number of anilines is 1. The van der Waals surface area contributed by atoms with Gasteiger partial charge in [-0.25, -0.2) is 4.98 Å². The highest BCUT2D eigenvalue weighted by molar-refractivity contribution is 6.09. The Morgan fingerprint density at radius 1 is 1.36 bits per heavy atom. The van der Waals surface area contributed by atoms with Crippen LogP contribution in [-0.4, -0.2) is 32.6 Å². The van der Waals surface area contributed by atoms with Crippen LogP contribution < -0.4 is 10.5 Å². The molecule has 1 amide bonds. The summed E-state index contributed by atoms with van der Waals surface area (Å²) in [6.07, 6.45) is 5.88. The van der Waals surface area contributed by atoms with Crippen LogP contribution in [0.25, 0.3) is 10.9 Å². The fourth-order valence-electron chi connectivity index (χ4n) is 2.63. The van der Waals surface area contributed by atoms with Crippen LogP contribution in [0.4, 0.5) is 5.82 Å². The lowest BCUT2D eigenvalue weighted by molar-refractivity contribution is 0.0988. The van der Waals surface area contributed by atoms with Gasteiger partial charge < -0.3 is 9.67 Å². The normalized spacial score (nSPS) is 10.6. The maximum Gasteiger partial charge on any atom is 0.268 e. The molecule has 0 atom stereocenters. The molecule has 0 fully saturated rings. The molecule has 7 nitrogen and oxygen atoms in total. The van der Waals surface area contributed by atoms with E-state index in [4.69, 9.17) is 0 Å². The molecular weight excluding hydrogens is 320 g/mol. The van der Waals surface area contributed by atoms with Crippen molar-refractivity contribution in [3.63, 3.8) is 0 Å². The van der Waals surface area contributed by atoms with Crippen molar-refractivity contribution in [3.05, 3.63) is 71.4 Å². The molecule has 0 aliphatic rings. The third-order valence-corrected chi connectivity index (χ3v) is 3.87. The minimum atomic E-state index is -0.661. The number of carbonyl (C=O) groups is 1. The number of carbonyl (C=O) groups excluding carboxylic acids is 1. The van der Waals surface area contributed by atoms with E-state index in [1.165, 1.54) is 35.1 Å². The van der Waals surface area contributed by atoms with E-state index in [0.717, 1.165) is 0 Å². The lowest BCUT2D eigenvalue weighted by Gasteiger charge is -2.18. The van der Waals surface area contributed by atoms with Crippen molar-refractivity contribution < 1.29 is 9.90 Å². The Kier molecular flexibility index (Phi) is 4.30. The largest absolute Gasteiger partial charge is 0.506 e. The summed E-state index contributed by atoms with van der Waals surface area (Å²) < 4.78 is 1.40. The van der Waals surface area contributed by atoms with E-state index in [-0.39, 0.29) is 23.7 Å². The summed E-state index contributed by atoms with van der Waals surface area (Å²) >= 11 is 0. The van der Waals surface area contributed by atoms with Crippen molar-refractivity contribution in [1.29, 1.82) is 0 Å². The van der Waals surface area contributed by atoms with Gasteiger partial charge in [0.25, 0.3) is 11.5 Å². The number of nitrogens with zero attached hydrogens (tertiary/aromatic N) is 4. The molecule has 25 heavy (non-hydrogen) atoms. The molecular formula is C18H16N4O3. The summed E-state index contributed by atoms with van der Waals surface area (Å²) in [5.41, 5.74) is -0.367. The lowest BCUT2D eigenvalue weighted by atomic mass is 10.1. The van der Waals surface area contributed by atoms with Gasteiger partial charge >= 0.3 is 0 Å². The summed E-state index contributed by atoms with van der Waals surface area (Å²) in [6.45, 7) is 3.86. The molecule has 3 rings (SSSR count). The summed E-state index contributed by atoms with van der Waals surface area (Å²) in [6, 6.07) is 6.85. The first-order valence-corrected chi connectivity index (χ1v) is 7.55. The van der Waals surface area contributed by atoms with Crippen LogP contribution in [0.3, 0.4) is 0 Å². The van der Waals surface area contributed by atoms with Crippen LogP contribution in [0.2, 0.25) is 0 Å². The topological polar surface area (TPSA) is 88.3 Å². The van der Waals surface area contributed by atoms with E-state index < -0.39 is 11.5 Å². The van der Waals surface area contributed by atoms with Crippen LogP contribution in [0.1, 0.15) is 10.4 Å². The van der Waals surface area contributed by atoms with Crippen molar-refractivity contribution in [1.82, 2.24) is 14.5 Å². The van der Waals surface area contributed by atoms with Crippen molar-refractivity contribution in [2.75, 3.05) is 11.9 Å². The second-order valence-corrected chi connectivity index (χ2v) is 5.37. The van der Waals surface area contributed by atoms with E-state index in [2.05, 4.69) is 16.5 Å². The van der Waals surface area contributed by atoms with Crippen molar-refractivity contribution in [3.8, 4) is 5.75 Å². The molecule has 0 saturated heterocycles. The fraction of sp³-hybridized carbons (Fsp3) is 0.111. The van der Waals surface area contributed by atoms with Gasteiger partial charge in [0.05, 0.1) is 11.7 Å². The molecule has 1 N–H and O–H groups in total. The number of aromatic hydroxyl groups is 1. The highest BCUT2D eigenvalue weighted by Crippen LogP contribution is 2.27. The molecule has 0 aliphatic heterocycles. The number of para-hydroxylation sites is 1. The minimum Gasteiger partial charge on any atom is -0.506 e. The number of rotatable bonds is 4. The van der Waals surface area contributed by atoms with Gasteiger partial charge in [-0.15, -0.1) is 6.58 Å². The van der Waals surface area contributed by atoms with Crippen LogP contribution in [0, 0.1) is 0 Å². The average Bonchev–Trinajstić information content (AvgIpc) is 2.65. The van der Waals surface area contributed by atoms with Crippen molar-refractivity contribution in [2.45, 2.75) is 6.54 Å². The molecule has 0 unspecified atom stereocenters. The van der Waals surface area contributed by atoms with Gasteiger partial charge in [0.1, 0.15) is 11.3 Å². The second kappa shape index (κ2) is 6.56. The second-order valence-electron chi connectivity index (χ2n) is 5.37. The molecule has 126 valence electrons. The third-order valence-electron chi connectivity index (χ3n) is 3.87. The van der Waals surface area contributed by atoms with Gasteiger partial charge in [0, 0.05) is 31.4 Å².